The highest BCUT2D eigenvalue weighted by Gasteiger charge is 2.20. The van der Waals surface area contributed by atoms with Crippen LogP contribution < -0.4 is 9.47 Å². The summed E-state index contributed by atoms with van der Waals surface area (Å²) in [4.78, 5) is 13.8. The smallest absolute Gasteiger partial charge is 0.275 e. The molecule has 0 aliphatic rings. The molecule has 7 nitrogen and oxygen atoms in total. The second-order valence-corrected chi connectivity index (χ2v) is 4.95. The topological polar surface area (TPSA) is 94.7 Å². The molecule has 1 aromatic heterocycles. The first-order valence-electron chi connectivity index (χ1n) is 6.87. The Morgan fingerprint density at radius 3 is 2.44 bits per heavy atom. The van der Waals surface area contributed by atoms with E-state index in [9.17, 15) is 24.0 Å². The number of benzene rings is 2. The van der Waals surface area contributed by atoms with Gasteiger partial charge in [0, 0.05) is 17.6 Å². The van der Waals surface area contributed by atoms with Gasteiger partial charge in [-0.25, -0.2) is 8.78 Å². The number of pyridine rings is 1. The van der Waals surface area contributed by atoms with Crippen molar-refractivity contribution in [1.82, 2.24) is 4.98 Å². The number of rotatable bonds is 4. The van der Waals surface area contributed by atoms with Crippen LogP contribution in [-0.2, 0) is 0 Å². The predicted molar refractivity (Wildman–Crippen MR) is 83.0 cm³/mol. The molecular formula is C16H10F2N2O5. The van der Waals surface area contributed by atoms with Crippen LogP contribution in [0.3, 0.4) is 0 Å². The van der Waals surface area contributed by atoms with Gasteiger partial charge in [0.1, 0.15) is 5.75 Å². The van der Waals surface area contributed by atoms with Crippen molar-refractivity contribution in [2.24, 2.45) is 0 Å². The number of non-ortho nitro benzene ring substituents is 1. The summed E-state index contributed by atoms with van der Waals surface area (Å²) in [5.41, 5.74) is -0.424. The molecule has 1 N–H and O–H groups in total. The lowest BCUT2D eigenvalue weighted by atomic mass is 10.2. The number of nitro groups is 1. The van der Waals surface area contributed by atoms with Crippen molar-refractivity contribution in [3.8, 4) is 23.0 Å². The van der Waals surface area contributed by atoms with Gasteiger partial charge < -0.3 is 14.6 Å². The third kappa shape index (κ3) is 2.99. The molecule has 0 spiro atoms. The van der Waals surface area contributed by atoms with E-state index in [2.05, 4.69) is 4.98 Å². The Balaban J connectivity index is 2.11. The van der Waals surface area contributed by atoms with Gasteiger partial charge in [0.2, 0.25) is 0 Å². The van der Waals surface area contributed by atoms with Crippen LogP contribution >= 0.6 is 0 Å². The summed E-state index contributed by atoms with van der Waals surface area (Å²) in [6.07, 6.45) is 1.32. The van der Waals surface area contributed by atoms with Gasteiger partial charge in [-0.3, -0.25) is 15.1 Å². The van der Waals surface area contributed by atoms with Crippen molar-refractivity contribution in [2.45, 2.75) is 0 Å². The second kappa shape index (κ2) is 6.19. The average molecular weight is 348 g/mol. The maximum absolute atomic E-state index is 14.0. The molecule has 3 rings (SSSR count). The molecule has 25 heavy (non-hydrogen) atoms. The number of phenolic OH excluding ortho intramolecular Hbond substituents is 1. The third-order valence-corrected chi connectivity index (χ3v) is 3.41. The van der Waals surface area contributed by atoms with Crippen molar-refractivity contribution in [1.29, 1.82) is 0 Å². The van der Waals surface area contributed by atoms with Crippen LogP contribution in [0.15, 0.2) is 36.5 Å². The van der Waals surface area contributed by atoms with E-state index in [1.807, 2.05) is 0 Å². The number of methoxy groups -OCH3 is 1. The van der Waals surface area contributed by atoms with E-state index in [1.54, 1.807) is 0 Å². The highest BCUT2D eigenvalue weighted by Crippen LogP contribution is 2.38. The van der Waals surface area contributed by atoms with E-state index in [0.29, 0.717) is 23.0 Å². The van der Waals surface area contributed by atoms with Crippen molar-refractivity contribution >= 4 is 16.6 Å². The van der Waals surface area contributed by atoms with Crippen molar-refractivity contribution in [3.63, 3.8) is 0 Å². The molecule has 2 aromatic carbocycles. The monoisotopic (exact) mass is 348 g/mol. The summed E-state index contributed by atoms with van der Waals surface area (Å²) >= 11 is 0. The van der Waals surface area contributed by atoms with Crippen LogP contribution in [0.2, 0.25) is 0 Å². The van der Waals surface area contributed by atoms with Gasteiger partial charge >= 0.3 is 0 Å². The number of nitrogens with zero attached hydrogens (tertiary/aromatic N) is 2. The molecule has 1 heterocycles. The SMILES string of the molecule is COc1cc2c(Oc3c(F)cc([N+](=O)[O-])cc3F)ccnc2cc1O. The first kappa shape index (κ1) is 16.4. The number of aromatic nitrogens is 1. The molecule has 0 atom stereocenters. The Kier molecular flexibility index (Phi) is 4.05. The number of hydrogen-bond donors (Lipinski definition) is 1. The van der Waals surface area contributed by atoms with Gasteiger partial charge in [0.15, 0.2) is 28.9 Å². The molecular weight excluding hydrogens is 338 g/mol. The largest absolute Gasteiger partial charge is 0.504 e. The van der Waals surface area contributed by atoms with E-state index in [4.69, 9.17) is 9.47 Å². The van der Waals surface area contributed by atoms with Gasteiger partial charge in [-0.1, -0.05) is 0 Å². The van der Waals surface area contributed by atoms with Crippen LogP contribution in [0.4, 0.5) is 14.5 Å². The first-order chi connectivity index (χ1) is 11.9. The highest BCUT2D eigenvalue weighted by molar-refractivity contribution is 5.88. The molecule has 0 fully saturated rings. The minimum Gasteiger partial charge on any atom is -0.504 e. The highest BCUT2D eigenvalue weighted by atomic mass is 19.1. The molecule has 0 bridgehead atoms. The molecule has 9 heteroatoms. The van der Waals surface area contributed by atoms with Crippen LogP contribution in [0.25, 0.3) is 10.9 Å². The van der Waals surface area contributed by atoms with Crippen molar-refractivity contribution in [2.75, 3.05) is 7.11 Å². The zero-order valence-corrected chi connectivity index (χ0v) is 12.7. The quantitative estimate of drug-likeness (QED) is 0.567. The Morgan fingerprint density at radius 1 is 1.16 bits per heavy atom. The minimum absolute atomic E-state index is 0.0370. The Morgan fingerprint density at radius 2 is 1.84 bits per heavy atom. The fourth-order valence-corrected chi connectivity index (χ4v) is 2.25. The molecule has 128 valence electrons. The first-order valence-corrected chi connectivity index (χ1v) is 6.87. The zero-order valence-electron chi connectivity index (χ0n) is 12.7. The minimum atomic E-state index is -1.22. The lowest BCUT2D eigenvalue weighted by molar-refractivity contribution is -0.385. The van der Waals surface area contributed by atoms with E-state index in [-0.39, 0.29) is 17.2 Å². The number of fused-ring (bicyclic) bond motifs is 1. The van der Waals surface area contributed by atoms with Crippen molar-refractivity contribution in [3.05, 3.63) is 58.3 Å². The van der Waals surface area contributed by atoms with Gasteiger partial charge in [0.05, 0.1) is 29.7 Å². The van der Waals surface area contributed by atoms with E-state index < -0.39 is 28.0 Å². The van der Waals surface area contributed by atoms with Crippen LogP contribution in [-0.4, -0.2) is 22.1 Å². The molecule has 0 unspecified atom stereocenters. The normalized spacial score (nSPS) is 10.7. The summed E-state index contributed by atoms with van der Waals surface area (Å²) in [5, 5.41) is 20.7. The average Bonchev–Trinajstić information content (AvgIpc) is 2.57. The number of aromatic hydroxyl groups is 1. The van der Waals surface area contributed by atoms with Crippen molar-refractivity contribution < 1.29 is 28.3 Å². The lowest BCUT2D eigenvalue weighted by Gasteiger charge is -2.11. The second-order valence-electron chi connectivity index (χ2n) is 4.95. The maximum atomic E-state index is 14.0. The lowest BCUT2D eigenvalue weighted by Crippen LogP contribution is -1.97. The fourth-order valence-electron chi connectivity index (χ4n) is 2.25. The van der Waals surface area contributed by atoms with E-state index in [0.717, 1.165) is 0 Å². The Labute approximate surface area is 139 Å². The molecule has 0 radical (unpaired) electrons. The standard InChI is InChI=1S/C16H10F2N2O5/c1-24-15-6-9-12(7-13(15)21)19-3-2-14(9)25-16-10(17)4-8(20(22)23)5-11(16)18/h2-7,21H,1H3. The molecule has 0 saturated carbocycles. The number of halogens is 2. The molecule has 0 aliphatic carbocycles. The number of hydrogen-bond acceptors (Lipinski definition) is 6. The van der Waals surface area contributed by atoms with Gasteiger partial charge in [0.25, 0.3) is 5.69 Å². The molecule has 0 aliphatic heterocycles. The Bertz CT molecular complexity index is 971. The van der Waals surface area contributed by atoms with Crippen LogP contribution in [0, 0.1) is 21.7 Å². The summed E-state index contributed by atoms with van der Waals surface area (Å²) in [5.74, 6) is -3.23. The summed E-state index contributed by atoms with van der Waals surface area (Å²) < 4.78 is 38.3. The maximum Gasteiger partial charge on any atom is 0.275 e. The summed E-state index contributed by atoms with van der Waals surface area (Å²) in [6.45, 7) is 0. The number of nitro benzene ring substituents is 1. The van der Waals surface area contributed by atoms with Gasteiger partial charge in [-0.2, -0.15) is 0 Å². The van der Waals surface area contributed by atoms with Gasteiger partial charge in [-0.15, -0.1) is 0 Å². The third-order valence-electron chi connectivity index (χ3n) is 3.41. The van der Waals surface area contributed by atoms with E-state index >= 15 is 0 Å². The van der Waals surface area contributed by atoms with E-state index in [1.165, 1.54) is 31.5 Å². The fraction of sp³-hybridized carbons (Fsp3) is 0.0625. The molecule has 0 amide bonds. The predicted octanol–water partition coefficient (Wildman–Crippen LogP) is 3.93. The number of ether oxygens (including phenoxy) is 2. The number of phenols is 1. The van der Waals surface area contributed by atoms with Gasteiger partial charge in [-0.05, 0) is 12.1 Å². The zero-order chi connectivity index (χ0) is 18.1. The molecule has 3 aromatic rings. The van der Waals surface area contributed by atoms with Crippen LogP contribution in [0.5, 0.6) is 23.0 Å². The summed E-state index contributed by atoms with van der Waals surface area (Å²) in [6, 6.07) is 5.19. The Hall–Kier alpha value is -3.49. The molecule has 0 saturated heterocycles. The van der Waals surface area contributed by atoms with Crippen LogP contribution in [0.1, 0.15) is 0 Å². The summed E-state index contributed by atoms with van der Waals surface area (Å²) in [7, 11) is 1.34.